The van der Waals surface area contributed by atoms with Crippen LogP contribution in [0.4, 0.5) is 0 Å². The van der Waals surface area contributed by atoms with Crippen LogP contribution in [0.2, 0.25) is 0 Å². The van der Waals surface area contributed by atoms with Gasteiger partial charge in [-0.15, -0.1) is 0 Å². The number of thiol groups is 1. The third-order valence-corrected chi connectivity index (χ3v) is 3.52. The summed E-state index contributed by atoms with van der Waals surface area (Å²) in [6, 6.07) is 0. The van der Waals surface area contributed by atoms with E-state index in [1.807, 2.05) is 34.6 Å². The Bertz CT molecular complexity index is 389. The molecule has 0 aromatic rings. The molecule has 0 spiro atoms. The molecule has 21 heavy (non-hydrogen) atoms. The van der Waals surface area contributed by atoms with Crippen LogP contribution in [0.3, 0.4) is 0 Å². The lowest BCUT2D eigenvalue weighted by molar-refractivity contribution is -0.148. The summed E-state index contributed by atoms with van der Waals surface area (Å²) < 4.78 is 0. The fraction of sp³-hybridized carbons (Fsp3) is 0.800. The van der Waals surface area contributed by atoms with Gasteiger partial charge < -0.3 is 10.2 Å². The van der Waals surface area contributed by atoms with Crippen molar-refractivity contribution < 1.29 is 14.4 Å². The summed E-state index contributed by atoms with van der Waals surface area (Å²) in [5.41, 5.74) is -0.532. The summed E-state index contributed by atoms with van der Waals surface area (Å²) in [6.45, 7) is 9.44. The molecule has 5 nitrogen and oxygen atoms in total. The van der Waals surface area contributed by atoms with Crippen molar-refractivity contribution >= 4 is 30.2 Å². The Hall–Kier alpha value is -1.04. The first-order valence-corrected chi connectivity index (χ1v) is 7.83. The molecule has 0 fully saturated rings. The first kappa shape index (κ1) is 20.0. The second kappa shape index (κ2) is 8.41. The molecule has 1 atom stereocenters. The summed E-state index contributed by atoms with van der Waals surface area (Å²) in [5.74, 6) is -1.22. The van der Waals surface area contributed by atoms with E-state index in [0.29, 0.717) is 6.42 Å². The molecule has 122 valence electrons. The zero-order valence-corrected chi connectivity index (χ0v) is 14.8. The van der Waals surface area contributed by atoms with Crippen molar-refractivity contribution in [1.29, 1.82) is 0 Å². The number of hydrogen-bond acceptors (Lipinski definition) is 4. The number of nitrogens with zero attached hydrogens (tertiary/aromatic N) is 1. The molecule has 0 aromatic carbocycles. The summed E-state index contributed by atoms with van der Waals surface area (Å²) in [6.07, 6.45) is 0.471. The number of amides is 2. The van der Waals surface area contributed by atoms with Crippen LogP contribution in [0.15, 0.2) is 0 Å². The third-order valence-electron chi connectivity index (χ3n) is 3.21. The average molecular weight is 316 g/mol. The van der Waals surface area contributed by atoms with Gasteiger partial charge in [0.1, 0.15) is 6.54 Å². The van der Waals surface area contributed by atoms with E-state index in [-0.39, 0.29) is 35.8 Å². The standard InChI is InChI=1S/C15H28N2O3S/c1-10(2)7-11(12(18)9-21)14(20)17(15(3,4)5)8-13(19)16-6/h10-11,21H,7-9H2,1-6H3,(H,16,19). The average Bonchev–Trinajstić information content (AvgIpc) is 2.38. The first-order chi connectivity index (χ1) is 9.54. The van der Waals surface area contributed by atoms with Crippen LogP contribution < -0.4 is 5.32 Å². The normalized spacial score (nSPS) is 13.0. The Morgan fingerprint density at radius 3 is 2.05 bits per heavy atom. The van der Waals surface area contributed by atoms with Crippen molar-refractivity contribution in [3.8, 4) is 0 Å². The molecular formula is C15H28N2O3S. The maximum Gasteiger partial charge on any atom is 0.239 e. The molecule has 0 aromatic heterocycles. The van der Waals surface area contributed by atoms with E-state index < -0.39 is 11.5 Å². The molecule has 0 saturated heterocycles. The van der Waals surface area contributed by atoms with Crippen molar-refractivity contribution in [1.82, 2.24) is 10.2 Å². The van der Waals surface area contributed by atoms with E-state index >= 15 is 0 Å². The van der Waals surface area contributed by atoms with Crippen LogP contribution in [0.1, 0.15) is 41.0 Å². The minimum absolute atomic E-state index is 0.0289. The molecule has 2 amide bonds. The quantitative estimate of drug-likeness (QED) is 0.553. The van der Waals surface area contributed by atoms with Gasteiger partial charge in [0, 0.05) is 12.6 Å². The highest BCUT2D eigenvalue weighted by Gasteiger charge is 2.36. The number of carbonyl (C=O) groups excluding carboxylic acids is 3. The van der Waals surface area contributed by atoms with E-state index in [1.165, 1.54) is 11.9 Å². The van der Waals surface area contributed by atoms with Gasteiger partial charge in [-0.05, 0) is 33.1 Å². The van der Waals surface area contributed by atoms with E-state index in [0.717, 1.165) is 0 Å². The number of hydrogen-bond donors (Lipinski definition) is 2. The number of rotatable bonds is 7. The molecule has 0 bridgehead atoms. The highest BCUT2D eigenvalue weighted by Crippen LogP contribution is 2.22. The van der Waals surface area contributed by atoms with Gasteiger partial charge >= 0.3 is 0 Å². The molecule has 0 aliphatic heterocycles. The predicted octanol–water partition coefficient (Wildman–Crippen LogP) is 1.52. The monoisotopic (exact) mass is 316 g/mol. The van der Waals surface area contributed by atoms with Gasteiger partial charge in [-0.1, -0.05) is 13.8 Å². The molecule has 0 saturated carbocycles. The SMILES string of the molecule is CNC(=O)CN(C(=O)C(CC(C)C)C(=O)CS)C(C)(C)C. The lowest BCUT2D eigenvalue weighted by Crippen LogP contribution is -2.53. The molecule has 0 radical (unpaired) electrons. The van der Waals surface area contributed by atoms with Crippen LogP contribution in [0.5, 0.6) is 0 Å². The third kappa shape index (κ3) is 6.50. The minimum Gasteiger partial charge on any atom is -0.358 e. The predicted molar refractivity (Wildman–Crippen MR) is 87.3 cm³/mol. The smallest absolute Gasteiger partial charge is 0.239 e. The first-order valence-electron chi connectivity index (χ1n) is 7.20. The largest absolute Gasteiger partial charge is 0.358 e. The number of nitrogens with one attached hydrogen (secondary N) is 1. The van der Waals surface area contributed by atoms with Crippen molar-refractivity contribution in [3.05, 3.63) is 0 Å². The molecule has 0 aliphatic carbocycles. The van der Waals surface area contributed by atoms with Crippen LogP contribution in [-0.4, -0.2) is 47.4 Å². The topological polar surface area (TPSA) is 66.5 Å². The fourth-order valence-corrected chi connectivity index (χ4v) is 2.23. The van der Waals surface area contributed by atoms with Crippen molar-refractivity contribution in [2.24, 2.45) is 11.8 Å². The van der Waals surface area contributed by atoms with Gasteiger partial charge in [-0.2, -0.15) is 12.6 Å². The zero-order valence-electron chi connectivity index (χ0n) is 13.9. The highest BCUT2D eigenvalue weighted by atomic mass is 32.1. The maximum atomic E-state index is 12.8. The number of ketones is 1. The molecular weight excluding hydrogens is 288 g/mol. The zero-order chi connectivity index (χ0) is 16.8. The van der Waals surface area contributed by atoms with Gasteiger partial charge in [-0.3, -0.25) is 14.4 Å². The van der Waals surface area contributed by atoms with Crippen molar-refractivity contribution in [2.45, 2.75) is 46.6 Å². The Morgan fingerprint density at radius 2 is 1.71 bits per heavy atom. The van der Waals surface area contributed by atoms with Crippen LogP contribution in [-0.2, 0) is 14.4 Å². The van der Waals surface area contributed by atoms with Gasteiger partial charge in [0.25, 0.3) is 0 Å². The van der Waals surface area contributed by atoms with E-state index in [1.54, 1.807) is 0 Å². The van der Waals surface area contributed by atoms with Crippen LogP contribution in [0, 0.1) is 11.8 Å². The van der Waals surface area contributed by atoms with Gasteiger partial charge in [0.05, 0.1) is 11.7 Å². The number of carbonyl (C=O) groups is 3. The molecule has 6 heteroatoms. The van der Waals surface area contributed by atoms with Crippen molar-refractivity contribution in [2.75, 3.05) is 19.3 Å². The molecule has 1 N–H and O–H groups in total. The van der Waals surface area contributed by atoms with Crippen LogP contribution in [0.25, 0.3) is 0 Å². The lowest BCUT2D eigenvalue weighted by atomic mass is 9.90. The van der Waals surface area contributed by atoms with Gasteiger partial charge in [0.15, 0.2) is 5.78 Å². The Morgan fingerprint density at radius 1 is 1.19 bits per heavy atom. The molecule has 1 unspecified atom stereocenters. The van der Waals surface area contributed by atoms with Gasteiger partial charge in [0.2, 0.25) is 11.8 Å². The number of likely N-dealkylation sites (N-methyl/N-ethyl adjacent to an activating group) is 1. The van der Waals surface area contributed by atoms with E-state index in [4.69, 9.17) is 0 Å². The van der Waals surface area contributed by atoms with Crippen molar-refractivity contribution in [3.63, 3.8) is 0 Å². The van der Waals surface area contributed by atoms with E-state index in [2.05, 4.69) is 17.9 Å². The molecule has 0 aliphatic rings. The van der Waals surface area contributed by atoms with E-state index in [9.17, 15) is 14.4 Å². The Balaban J connectivity index is 5.38. The lowest BCUT2D eigenvalue weighted by Gasteiger charge is -2.37. The number of Topliss-reactive ketones (excluding diaryl/α,β-unsaturated/α-hetero) is 1. The Labute approximate surface area is 133 Å². The molecule has 0 heterocycles. The fourth-order valence-electron chi connectivity index (χ4n) is 2.01. The summed E-state index contributed by atoms with van der Waals surface area (Å²) in [5, 5.41) is 2.51. The van der Waals surface area contributed by atoms with Crippen LogP contribution >= 0.6 is 12.6 Å². The Kier molecular flexibility index (Phi) is 8.00. The molecule has 0 rings (SSSR count). The summed E-state index contributed by atoms with van der Waals surface area (Å²) in [4.78, 5) is 37.9. The minimum atomic E-state index is -0.730. The summed E-state index contributed by atoms with van der Waals surface area (Å²) >= 11 is 4.00. The second-order valence-electron chi connectivity index (χ2n) is 6.57. The van der Waals surface area contributed by atoms with Gasteiger partial charge in [-0.25, -0.2) is 0 Å². The second-order valence-corrected chi connectivity index (χ2v) is 6.89. The summed E-state index contributed by atoms with van der Waals surface area (Å²) in [7, 11) is 1.53. The highest BCUT2D eigenvalue weighted by molar-refractivity contribution is 7.81. The maximum absolute atomic E-state index is 12.8.